The first-order valence-corrected chi connectivity index (χ1v) is 5.59. The Labute approximate surface area is 99.1 Å². The van der Waals surface area contributed by atoms with Crippen LogP contribution in [-0.2, 0) is 0 Å². The van der Waals surface area contributed by atoms with Crippen molar-refractivity contribution in [3.8, 4) is 0 Å². The number of nitrogens with two attached hydrogens (primary N) is 1. The van der Waals surface area contributed by atoms with Crippen molar-refractivity contribution in [1.82, 2.24) is 0 Å². The highest BCUT2D eigenvalue weighted by Crippen LogP contribution is 2.34. The quantitative estimate of drug-likeness (QED) is 0.845. The average Bonchev–Trinajstić information content (AvgIpc) is 2.01. The molecule has 0 fully saturated rings. The number of benzene rings is 1. The summed E-state index contributed by atoms with van der Waals surface area (Å²) in [7, 11) is 0. The van der Waals surface area contributed by atoms with Crippen molar-refractivity contribution in [2.75, 3.05) is 0 Å². The molecule has 1 atom stereocenters. The van der Waals surface area contributed by atoms with E-state index in [0.717, 1.165) is 18.4 Å². The summed E-state index contributed by atoms with van der Waals surface area (Å²) in [6.07, 6.45) is 1.86. The van der Waals surface area contributed by atoms with Gasteiger partial charge in [-0.1, -0.05) is 48.1 Å². The molecule has 0 bridgehead atoms. The third kappa shape index (κ3) is 2.77. The van der Waals surface area contributed by atoms with E-state index < -0.39 is 0 Å². The maximum atomic E-state index is 6.02. The van der Waals surface area contributed by atoms with Crippen molar-refractivity contribution in [1.29, 1.82) is 0 Å². The van der Waals surface area contributed by atoms with Gasteiger partial charge in [-0.2, -0.15) is 0 Å². The van der Waals surface area contributed by atoms with Crippen molar-refractivity contribution in [2.45, 2.75) is 25.8 Å². The highest BCUT2D eigenvalue weighted by molar-refractivity contribution is 6.39. The summed E-state index contributed by atoms with van der Waals surface area (Å²) >= 11 is 17.8. The normalized spacial score (nSPS) is 12.9. The average molecular weight is 253 g/mol. The van der Waals surface area contributed by atoms with Gasteiger partial charge < -0.3 is 5.73 Å². The van der Waals surface area contributed by atoms with Crippen molar-refractivity contribution in [3.63, 3.8) is 0 Å². The minimum atomic E-state index is -0.114. The number of rotatable bonds is 3. The van der Waals surface area contributed by atoms with Crippen LogP contribution in [0, 0.1) is 0 Å². The number of hydrogen-bond acceptors (Lipinski definition) is 1. The molecule has 1 rings (SSSR count). The fourth-order valence-electron chi connectivity index (χ4n) is 1.36. The van der Waals surface area contributed by atoms with E-state index in [1.54, 1.807) is 12.1 Å². The van der Waals surface area contributed by atoms with Gasteiger partial charge in [-0.05, 0) is 18.6 Å². The van der Waals surface area contributed by atoms with Crippen LogP contribution in [0.3, 0.4) is 0 Å². The largest absolute Gasteiger partial charge is 0.324 e. The zero-order chi connectivity index (χ0) is 10.7. The van der Waals surface area contributed by atoms with E-state index in [1.165, 1.54) is 0 Å². The van der Waals surface area contributed by atoms with Crippen LogP contribution < -0.4 is 5.73 Å². The van der Waals surface area contributed by atoms with Gasteiger partial charge in [-0.25, -0.2) is 0 Å². The Bertz CT molecular complexity index is 302. The van der Waals surface area contributed by atoms with Crippen LogP contribution in [-0.4, -0.2) is 0 Å². The molecule has 1 aromatic carbocycles. The maximum absolute atomic E-state index is 6.02. The Morgan fingerprint density at radius 1 is 1.21 bits per heavy atom. The van der Waals surface area contributed by atoms with Gasteiger partial charge in [-0.15, -0.1) is 0 Å². The zero-order valence-corrected chi connectivity index (χ0v) is 10.1. The predicted octanol–water partition coefficient (Wildman–Crippen LogP) is 4.45. The van der Waals surface area contributed by atoms with Gasteiger partial charge in [0.2, 0.25) is 0 Å². The lowest BCUT2D eigenvalue weighted by molar-refractivity contribution is 0.639. The molecule has 0 aliphatic carbocycles. The zero-order valence-electron chi connectivity index (χ0n) is 7.86. The molecule has 0 spiro atoms. The first-order chi connectivity index (χ1) is 6.56. The van der Waals surface area contributed by atoms with Crippen LogP contribution in [0.1, 0.15) is 31.4 Å². The molecule has 1 unspecified atom stereocenters. The molecular formula is C10H12Cl3N. The molecule has 2 N–H and O–H groups in total. The summed E-state index contributed by atoms with van der Waals surface area (Å²) in [6, 6.07) is 3.22. The van der Waals surface area contributed by atoms with Gasteiger partial charge in [0.25, 0.3) is 0 Å². The molecule has 0 saturated heterocycles. The molecule has 4 heteroatoms. The summed E-state index contributed by atoms with van der Waals surface area (Å²) in [6.45, 7) is 2.07. The van der Waals surface area contributed by atoms with E-state index in [9.17, 15) is 0 Å². The van der Waals surface area contributed by atoms with Gasteiger partial charge >= 0.3 is 0 Å². The van der Waals surface area contributed by atoms with Gasteiger partial charge in [0.15, 0.2) is 0 Å². The molecule has 78 valence electrons. The third-order valence-electron chi connectivity index (χ3n) is 2.01. The second-order valence-electron chi connectivity index (χ2n) is 3.18. The molecule has 0 aliphatic rings. The van der Waals surface area contributed by atoms with Gasteiger partial charge in [-0.3, -0.25) is 0 Å². The Morgan fingerprint density at radius 3 is 2.14 bits per heavy atom. The smallest absolute Gasteiger partial charge is 0.0483 e. The maximum Gasteiger partial charge on any atom is 0.0483 e. The van der Waals surface area contributed by atoms with E-state index >= 15 is 0 Å². The van der Waals surface area contributed by atoms with E-state index in [0.29, 0.717) is 15.1 Å². The molecule has 14 heavy (non-hydrogen) atoms. The lowest BCUT2D eigenvalue weighted by atomic mass is 10.0. The van der Waals surface area contributed by atoms with Crippen molar-refractivity contribution in [3.05, 3.63) is 32.8 Å². The summed E-state index contributed by atoms with van der Waals surface area (Å²) in [5.74, 6) is 0. The summed E-state index contributed by atoms with van der Waals surface area (Å²) in [4.78, 5) is 0. The number of halogens is 3. The molecule has 0 aliphatic heterocycles. The highest BCUT2D eigenvalue weighted by Gasteiger charge is 2.14. The molecule has 1 nitrogen and oxygen atoms in total. The third-order valence-corrected chi connectivity index (χ3v) is 2.86. The second-order valence-corrected chi connectivity index (χ2v) is 4.43. The Kier molecular flexibility index (Phi) is 4.52. The first kappa shape index (κ1) is 12.1. The summed E-state index contributed by atoms with van der Waals surface area (Å²) in [5, 5.41) is 1.62. The molecule has 0 saturated carbocycles. The van der Waals surface area contributed by atoms with Crippen LogP contribution in [0.5, 0.6) is 0 Å². The van der Waals surface area contributed by atoms with Crippen molar-refractivity contribution >= 4 is 34.8 Å². The molecule has 0 heterocycles. The monoisotopic (exact) mass is 251 g/mol. The fraction of sp³-hybridized carbons (Fsp3) is 0.400. The van der Waals surface area contributed by atoms with Crippen molar-refractivity contribution < 1.29 is 0 Å². The molecule has 0 amide bonds. The van der Waals surface area contributed by atoms with Crippen LogP contribution in [0.15, 0.2) is 12.1 Å². The van der Waals surface area contributed by atoms with Crippen LogP contribution in [0.2, 0.25) is 15.1 Å². The van der Waals surface area contributed by atoms with E-state index in [2.05, 4.69) is 6.92 Å². The van der Waals surface area contributed by atoms with E-state index in [-0.39, 0.29) is 6.04 Å². The van der Waals surface area contributed by atoms with Crippen LogP contribution >= 0.6 is 34.8 Å². The fourth-order valence-corrected chi connectivity index (χ4v) is 2.46. The highest BCUT2D eigenvalue weighted by atomic mass is 35.5. The SMILES string of the molecule is CCCC(N)c1c(Cl)cc(Cl)cc1Cl. The summed E-state index contributed by atoms with van der Waals surface area (Å²) < 4.78 is 0. The lowest BCUT2D eigenvalue weighted by Gasteiger charge is -2.14. The Balaban J connectivity index is 3.07. The van der Waals surface area contributed by atoms with Gasteiger partial charge in [0.1, 0.15) is 0 Å². The standard InChI is InChI=1S/C10H12Cl3N/c1-2-3-9(14)10-7(12)4-6(11)5-8(10)13/h4-5,9H,2-3,14H2,1H3. The topological polar surface area (TPSA) is 26.0 Å². The predicted molar refractivity (Wildman–Crippen MR) is 63.3 cm³/mol. The molecule has 0 aromatic heterocycles. The minimum absolute atomic E-state index is 0.114. The number of hydrogen-bond donors (Lipinski definition) is 1. The van der Waals surface area contributed by atoms with E-state index in [1.807, 2.05) is 0 Å². The van der Waals surface area contributed by atoms with Gasteiger partial charge in [0.05, 0.1) is 0 Å². The minimum Gasteiger partial charge on any atom is -0.324 e. The summed E-state index contributed by atoms with van der Waals surface area (Å²) in [5.41, 5.74) is 6.74. The van der Waals surface area contributed by atoms with Crippen LogP contribution in [0.4, 0.5) is 0 Å². The first-order valence-electron chi connectivity index (χ1n) is 4.46. The molecule has 1 aromatic rings. The van der Waals surface area contributed by atoms with Crippen LogP contribution in [0.25, 0.3) is 0 Å². The Morgan fingerprint density at radius 2 is 1.71 bits per heavy atom. The van der Waals surface area contributed by atoms with E-state index in [4.69, 9.17) is 40.5 Å². The molecule has 0 radical (unpaired) electrons. The van der Waals surface area contributed by atoms with Crippen molar-refractivity contribution in [2.24, 2.45) is 5.73 Å². The molecular weight excluding hydrogens is 240 g/mol. The Hall–Kier alpha value is 0.0500. The van der Waals surface area contributed by atoms with Gasteiger partial charge in [0, 0.05) is 26.7 Å². The second kappa shape index (κ2) is 5.22. The lowest BCUT2D eigenvalue weighted by Crippen LogP contribution is -2.10.